The molecular formula is C15H21ClN2O. The predicted octanol–water partition coefficient (Wildman–Crippen LogP) is 2.93. The zero-order valence-electron chi connectivity index (χ0n) is 11.8. The first-order valence-corrected chi connectivity index (χ1v) is 7.05. The molecule has 0 bridgehead atoms. The van der Waals surface area contributed by atoms with Crippen LogP contribution in [0.5, 0.6) is 0 Å². The van der Waals surface area contributed by atoms with Crippen LogP contribution in [0.2, 0.25) is 5.02 Å². The molecule has 1 saturated heterocycles. The number of likely N-dealkylation sites (tertiary alicyclic amines) is 1. The molecule has 1 unspecified atom stereocenters. The van der Waals surface area contributed by atoms with Gasteiger partial charge in [-0.25, -0.2) is 0 Å². The van der Waals surface area contributed by atoms with Crippen molar-refractivity contribution in [3.8, 4) is 0 Å². The average Bonchev–Trinajstić information content (AvgIpc) is 2.74. The van der Waals surface area contributed by atoms with Crippen LogP contribution in [0.1, 0.15) is 23.7 Å². The minimum Gasteiger partial charge on any atom is -0.373 e. The van der Waals surface area contributed by atoms with E-state index in [1.54, 1.807) is 13.0 Å². The van der Waals surface area contributed by atoms with E-state index in [2.05, 4.69) is 23.9 Å². The van der Waals surface area contributed by atoms with E-state index in [9.17, 15) is 4.79 Å². The maximum absolute atomic E-state index is 11.3. The Kier molecular flexibility index (Phi) is 4.48. The van der Waals surface area contributed by atoms with E-state index in [1.807, 2.05) is 12.1 Å². The van der Waals surface area contributed by atoms with Crippen molar-refractivity contribution in [2.45, 2.75) is 13.3 Å². The van der Waals surface area contributed by atoms with E-state index in [0.29, 0.717) is 16.5 Å². The number of Topliss-reactive ketones (excluding diaryl/α,β-unsaturated/α-hetero) is 1. The number of anilines is 1. The topological polar surface area (TPSA) is 23.6 Å². The van der Waals surface area contributed by atoms with Gasteiger partial charge < -0.3 is 9.80 Å². The Bertz CT molecular complexity index is 475. The predicted molar refractivity (Wildman–Crippen MR) is 80.3 cm³/mol. The van der Waals surface area contributed by atoms with Crippen molar-refractivity contribution in [1.82, 2.24) is 4.90 Å². The Hall–Kier alpha value is -1.06. The van der Waals surface area contributed by atoms with Crippen LogP contribution in [-0.2, 0) is 0 Å². The van der Waals surface area contributed by atoms with Crippen LogP contribution in [0, 0.1) is 5.92 Å². The number of hydrogen-bond acceptors (Lipinski definition) is 3. The Morgan fingerprint density at radius 1 is 1.53 bits per heavy atom. The number of rotatable bonds is 4. The Morgan fingerprint density at radius 3 is 2.79 bits per heavy atom. The molecule has 0 aliphatic carbocycles. The molecule has 0 N–H and O–H groups in total. The van der Waals surface area contributed by atoms with Crippen LogP contribution in [-0.4, -0.2) is 44.4 Å². The lowest BCUT2D eigenvalue weighted by molar-refractivity contribution is 0.101. The van der Waals surface area contributed by atoms with E-state index in [0.717, 1.165) is 18.8 Å². The zero-order valence-corrected chi connectivity index (χ0v) is 12.6. The van der Waals surface area contributed by atoms with Crippen molar-refractivity contribution in [1.29, 1.82) is 0 Å². The summed E-state index contributed by atoms with van der Waals surface area (Å²) < 4.78 is 0. The summed E-state index contributed by atoms with van der Waals surface area (Å²) in [4.78, 5) is 15.9. The Balaban J connectivity index is 2.06. The molecule has 0 radical (unpaired) electrons. The third kappa shape index (κ3) is 3.48. The van der Waals surface area contributed by atoms with Crippen molar-refractivity contribution >= 4 is 23.1 Å². The zero-order chi connectivity index (χ0) is 14.0. The number of nitrogens with zero attached hydrogens (tertiary/aromatic N) is 2. The smallest absolute Gasteiger partial charge is 0.159 e. The highest BCUT2D eigenvalue weighted by atomic mass is 35.5. The molecule has 19 heavy (non-hydrogen) atoms. The second kappa shape index (κ2) is 5.93. The van der Waals surface area contributed by atoms with Gasteiger partial charge in [0.15, 0.2) is 5.78 Å². The highest BCUT2D eigenvalue weighted by Crippen LogP contribution is 2.28. The molecule has 1 aliphatic heterocycles. The van der Waals surface area contributed by atoms with Crippen molar-refractivity contribution in [2.24, 2.45) is 5.92 Å². The van der Waals surface area contributed by atoms with E-state index in [4.69, 9.17) is 11.6 Å². The summed E-state index contributed by atoms with van der Waals surface area (Å²) in [7, 11) is 4.22. The van der Waals surface area contributed by atoms with Gasteiger partial charge in [-0.1, -0.05) is 11.6 Å². The summed E-state index contributed by atoms with van der Waals surface area (Å²) in [6.45, 7) is 4.88. The highest BCUT2D eigenvalue weighted by Gasteiger charge is 2.21. The highest BCUT2D eigenvalue weighted by molar-refractivity contribution is 6.33. The standard InChI is InChI=1S/C15H21ClN2O/c1-11(19)13-4-5-15(14(16)8-13)18(3)10-12-6-7-17(2)9-12/h4-5,8,12H,6-7,9-10H2,1-3H3. The lowest BCUT2D eigenvalue weighted by atomic mass is 10.1. The van der Waals surface area contributed by atoms with Crippen molar-refractivity contribution in [2.75, 3.05) is 38.6 Å². The molecule has 3 nitrogen and oxygen atoms in total. The van der Waals surface area contributed by atoms with E-state index < -0.39 is 0 Å². The fourth-order valence-corrected chi connectivity index (χ4v) is 3.02. The maximum atomic E-state index is 11.3. The van der Waals surface area contributed by atoms with Gasteiger partial charge in [0.05, 0.1) is 10.7 Å². The monoisotopic (exact) mass is 280 g/mol. The van der Waals surface area contributed by atoms with Crippen LogP contribution in [0.25, 0.3) is 0 Å². The summed E-state index contributed by atoms with van der Waals surface area (Å²) in [5, 5.41) is 0.654. The van der Waals surface area contributed by atoms with Gasteiger partial charge in [-0.2, -0.15) is 0 Å². The maximum Gasteiger partial charge on any atom is 0.159 e. The van der Waals surface area contributed by atoms with Gasteiger partial charge in [-0.15, -0.1) is 0 Å². The molecule has 1 aromatic carbocycles. The van der Waals surface area contributed by atoms with Gasteiger partial charge in [0.1, 0.15) is 0 Å². The molecule has 0 spiro atoms. The molecule has 104 valence electrons. The summed E-state index contributed by atoms with van der Waals surface area (Å²) in [5.41, 5.74) is 1.67. The van der Waals surface area contributed by atoms with Crippen LogP contribution in [0.15, 0.2) is 18.2 Å². The summed E-state index contributed by atoms with van der Waals surface area (Å²) in [6.07, 6.45) is 1.24. The first kappa shape index (κ1) is 14.4. The molecule has 1 aromatic rings. The largest absolute Gasteiger partial charge is 0.373 e. The first-order valence-electron chi connectivity index (χ1n) is 6.67. The Morgan fingerprint density at radius 2 is 2.26 bits per heavy atom. The number of carbonyl (C=O) groups is 1. The van der Waals surface area contributed by atoms with Crippen molar-refractivity contribution in [3.63, 3.8) is 0 Å². The second-order valence-corrected chi connectivity index (χ2v) is 5.93. The number of halogens is 1. The molecule has 1 fully saturated rings. The van der Waals surface area contributed by atoms with Crippen LogP contribution in [0.3, 0.4) is 0 Å². The minimum atomic E-state index is 0.0496. The van der Waals surface area contributed by atoms with Gasteiger partial charge in [0.25, 0.3) is 0 Å². The SMILES string of the molecule is CC(=O)c1ccc(N(C)CC2CCN(C)C2)c(Cl)c1. The van der Waals surface area contributed by atoms with Crippen LogP contribution < -0.4 is 4.90 Å². The quantitative estimate of drug-likeness (QED) is 0.793. The average molecular weight is 281 g/mol. The van der Waals surface area contributed by atoms with Gasteiger partial charge >= 0.3 is 0 Å². The summed E-state index contributed by atoms with van der Waals surface area (Å²) in [6, 6.07) is 5.55. The third-order valence-electron chi connectivity index (χ3n) is 3.79. The molecular weight excluding hydrogens is 260 g/mol. The first-order chi connectivity index (χ1) is 8.97. The fourth-order valence-electron chi connectivity index (χ4n) is 2.70. The van der Waals surface area contributed by atoms with Crippen molar-refractivity contribution in [3.05, 3.63) is 28.8 Å². The van der Waals surface area contributed by atoms with E-state index in [-0.39, 0.29) is 5.78 Å². The van der Waals surface area contributed by atoms with Crippen LogP contribution in [0.4, 0.5) is 5.69 Å². The third-order valence-corrected chi connectivity index (χ3v) is 4.09. The number of benzene rings is 1. The molecule has 4 heteroatoms. The Labute approximate surface area is 120 Å². The van der Waals surface area contributed by atoms with E-state index in [1.165, 1.54) is 13.0 Å². The molecule has 2 rings (SSSR count). The molecule has 0 aromatic heterocycles. The minimum absolute atomic E-state index is 0.0496. The molecule has 0 saturated carbocycles. The molecule has 1 atom stereocenters. The second-order valence-electron chi connectivity index (χ2n) is 5.52. The van der Waals surface area contributed by atoms with Gasteiger partial charge in [-0.3, -0.25) is 4.79 Å². The van der Waals surface area contributed by atoms with E-state index >= 15 is 0 Å². The summed E-state index contributed by atoms with van der Waals surface area (Å²) >= 11 is 6.28. The van der Waals surface area contributed by atoms with Gasteiger partial charge in [-0.05, 0) is 51.1 Å². The normalized spacial score (nSPS) is 19.7. The van der Waals surface area contributed by atoms with Crippen LogP contribution >= 0.6 is 11.6 Å². The van der Waals surface area contributed by atoms with Gasteiger partial charge in [0.2, 0.25) is 0 Å². The summed E-state index contributed by atoms with van der Waals surface area (Å²) in [5.74, 6) is 0.743. The van der Waals surface area contributed by atoms with Crippen molar-refractivity contribution < 1.29 is 4.79 Å². The molecule has 1 heterocycles. The van der Waals surface area contributed by atoms with Gasteiger partial charge in [0, 0.05) is 25.7 Å². The lowest BCUT2D eigenvalue weighted by Crippen LogP contribution is -2.27. The number of carbonyl (C=O) groups excluding carboxylic acids is 1. The molecule has 1 aliphatic rings. The fraction of sp³-hybridized carbons (Fsp3) is 0.533. The lowest BCUT2D eigenvalue weighted by Gasteiger charge is -2.24. The molecule has 0 amide bonds. The number of hydrogen-bond donors (Lipinski definition) is 0. The number of ketones is 1.